The Balaban J connectivity index is 1.94. The molecular weight excluding hydrogens is 350 g/mol. The summed E-state index contributed by atoms with van der Waals surface area (Å²) in [7, 11) is 1.71. The fourth-order valence-corrected chi connectivity index (χ4v) is 3.37. The van der Waals surface area contributed by atoms with Crippen LogP contribution in [0.2, 0.25) is 5.02 Å². The molecule has 1 saturated heterocycles. The van der Waals surface area contributed by atoms with Gasteiger partial charge >= 0.3 is 0 Å². The molecule has 0 aliphatic carbocycles. The Labute approximate surface area is 138 Å². The van der Waals surface area contributed by atoms with E-state index in [0.29, 0.717) is 0 Å². The molecule has 0 radical (unpaired) electrons. The smallest absolute Gasteiger partial charge is 0.122 e. The zero-order chi connectivity index (χ0) is 14.9. The van der Waals surface area contributed by atoms with Crippen molar-refractivity contribution in [2.45, 2.75) is 11.8 Å². The molecule has 1 aliphatic heterocycles. The van der Waals surface area contributed by atoms with Crippen LogP contribution in [0.25, 0.3) is 0 Å². The van der Waals surface area contributed by atoms with Gasteiger partial charge in [0, 0.05) is 28.0 Å². The van der Waals surface area contributed by atoms with E-state index in [1.165, 1.54) is 5.56 Å². The third kappa shape index (κ3) is 2.96. The highest BCUT2D eigenvalue weighted by atomic mass is 79.9. The molecule has 0 amide bonds. The van der Waals surface area contributed by atoms with E-state index >= 15 is 0 Å². The summed E-state index contributed by atoms with van der Waals surface area (Å²) in [6, 6.07) is 14.4. The SMILES string of the molecule is COc1ccc(Cl)cc1CC1(c2ccc(Br)cc2)CNC1. The zero-order valence-electron chi connectivity index (χ0n) is 11.8. The third-order valence-corrected chi connectivity index (χ3v) is 4.92. The number of hydrogen-bond donors (Lipinski definition) is 1. The first kappa shape index (κ1) is 14.9. The average Bonchev–Trinajstić information content (AvgIpc) is 2.44. The fourth-order valence-electron chi connectivity index (χ4n) is 2.91. The molecule has 21 heavy (non-hydrogen) atoms. The summed E-state index contributed by atoms with van der Waals surface area (Å²) in [6.45, 7) is 1.95. The lowest BCUT2D eigenvalue weighted by Crippen LogP contribution is -2.58. The van der Waals surface area contributed by atoms with Crippen LogP contribution >= 0.6 is 27.5 Å². The van der Waals surface area contributed by atoms with Gasteiger partial charge < -0.3 is 10.1 Å². The summed E-state index contributed by atoms with van der Waals surface area (Å²) in [5.41, 5.74) is 2.64. The van der Waals surface area contributed by atoms with E-state index < -0.39 is 0 Å². The van der Waals surface area contributed by atoms with Crippen LogP contribution in [0.4, 0.5) is 0 Å². The van der Waals surface area contributed by atoms with Crippen molar-refractivity contribution in [3.8, 4) is 5.75 Å². The molecule has 2 nitrogen and oxygen atoms in total. The molecule has 0 spiro atoms. The molecular formula is C17H17BrClNO. The largest absolute Gasteiger partial charge is 0.496 e. The monoisotopic (exact) mass is 365 g/mol. The Kier molecular flexibility index (Phi) is 4.25. The van der Waals surface area contributed by atoms with Crippen LogP contribution in [0.3, 0.4) is 0 Å². The summed E-state index contributed by atoms with van der Waals surface area (Å²) < 4.78 is 6.59. The van der Waals surface area contributed by atoms with Crippen molar-refractivity contribution < 1.29 is 4.74 Å². The first-order chi connectivity index (χ1) is 10.1. The van der Waals surface area contributed by atoms with Gasteiger partial charge in [0.2, 0.25) is 0 Å². The Bertz CT molecular complexity index is 638. The molecule has 110 valence electrons. The Morgan fingerprint density at radius 2 is 1.90 bits per heavy atom. The minimum atomic E-state index is 0.124. The molecule has 0 aromatic heterocycles. The molecule has 0 bridgehead atoms. The van der Waals surface area contributed by atoms with Crippen LogP contribution in [0, 0.1) is 0 Å². The van der Waals surface area contributed by atoms with Gasteiger partial charge in [0.1, 0.15) is 5.75 Å². The molecule has 1 heterocycles. The second kappa shape index (κ2) is 5.99. The van der Waals surface area contributed by atoms with Gasteiger partial charge in [0.25, 0.3) is 0 Å². The molecule has 2 aromatic carbocycles. The zero-order valence-corrected chi connectivity index (χ0v) is 14.2. The van der Waals surface area contributed by atoms with Gasteiger partial charge in [-0.05, 0) is 47.9 Å². The summed E-state index contributed by atoms with van der Waals surface area (Å²) in [5.74, 6) is 0.905. The normalized spacial score (nSPS) is 16.3. The second-order valence-corrected chi connectivity index (χ2v) is 6.88. The molecule has 4 heteroatoms. The lowest BCUT2D eigenvalue weighted by molar-refractivity contribution is 0.271. The van der Waals surface area contributed by atoms with Crippen molar-refractivity contribution in [1.29, 1.82) is 0 Å². The predicted molar refractivity (Wildman–Crippen MR) is 90.4 cm³/mol. The maximum atomic E-state index is 6.15. The van der Waals surface area contributed by atoms with E-state index in [9.17, 15) is 0 Å². The minimum absolute atomic E-state index is 0.124. The van der Waals surface area contributed by atoms with E-state index in [1.54, 1.807) is 7.11 Å². The van der Waals surface area contributed by atoms with Gasteiger partial charge in [-0.1, -0.05) is 39.7 Å². The number of rotatable bonds is 4. The molecule has 0 saturated carbocycles. The lowest BCUT2D eigenvalue weighted by Gasteiger charge is -2.43. The average molecular weight is 367 g/mol. The molecule has 1 fully saturated rings. The first-order valence-corrected chi connectivity index (χ1v) is 8.09. The highest BCUT2D eigenvalue weighted by Gasteiger charge is 2.39. The van der Waals surface area contributed by atoms with Crippen molar-refractivity contribution in [1.82, 2.24) is 5.32 Å². The van der Waals surface area contributed by atoms with E-state index in [-0.39, 0.29) is 5.41 Å². The first-order valence-electron chi connectivity index (χ1n) is 6.92. The molecule has 1 N–H and O–H groups in total. The molecule has 0 unspecified atom stereocenters. The number of benzene rings is 2. The number of methoxy groups -OCH3 is 1. The highest BCUT2D eigenvalue weighted by molar-refractivity contribution is 9.10. The lowest BCUT2D eigenvalue weighted by atomic mass is 9.71. The van der Waals surface area contributed by atoms with Crippen LogP contribution in [0.5, 0.6) is 5.75 Å². The van der Waals surface area contributed by atoms with E-state index in [0.717, 1.165) is 40.3 Å². The summed E-state index contributed by atoms with van der Waals surface area (Å²) >= 11 is 9.65. The van der Waals surface area contributed by atoms with Crippen LogP contribution in [0.15, 0.2) is 46.9 Å². The Morgan fingerprint density at radius 1 is 1.19 bits per heavy atom. The third-order valence-electron chi connectivity index (χ3n) is 4.15. The van der Waals surface area contributed by atoms with Gasteiger partial charge in [-0.25, -0.2) is 0 Å². The van der Waals surface area contributed by atoms with E-state index in [4.69, 9.17) is 16.3 Å². The summed E-state index contributed by atoms with van der Waals surface area (Å²) in [5, 5.41) is 4.16. The van der Waals surface area contributed by atoms with Gasteiger partial charge in [-0.3, -0.25) is 0 Å². The second-order valence-electron chi connectivity index (χ2n) is 5.52. The molecule has 0 atom stereocenters. The number of nitrogens with one attached hydrogen (secondary N) is 1. The number of halogens is 2. The Hall–Kier alpha value is -1.03. The minimum Gasteiger partial charge on any atom is -0.496 e. The topological polar surface area (TPSA) is 21.3 Å². The van der Waals surface area contributed by atoms with Crippen LogP contribution in [0.1, 0.15) is 11.1 Å². The number of ether oxygens (including phenoxy) is 1. The van der Waals surface area contributed by atoms with Gasteiger partial charge in [0.05, 0.1) is 7.11 Å². The quantitative estimate of drug-likeness (QED) is 0.876. The maximum absolute atomic E-state index is 6.15. The van der Waals surface area contributed by atoms with Crippen LogP contribution < -0.4 is 10.1 Å². The molecule has 3 rings (SSSR count). The van der Waals surface area contributed by atoms with Gasteiger partial charge in [0.15, 0.2) is 0 Å². The van der Waals surface area contributed by atoms with Crippen molar-refractivity contribution >= 4 is 27.5 Å². The predicted octanol–water partition coefficient (Wildman–Crippen LogP) is 4.19. The van der Waals surface area contributed by atoms with Crippen molar-refractivity contribution in [3.63, 3.8) is 0 Å². The summed E-state index contributed by atoms with van der Waals surface area (Å²) in [6.07, 6.45) is 0.922. The van der Waals surface area contributed by atoms with Gasteiger partial charge in [-0.15, -0.1) is 0 Å². The van der Waals surface area contributed by atoms with Crippen molar-refractivity contribution in [3.05, 3.63) is 63.1 Å². The molecule has 1 aliphatic rings. The van der Waals surface area contributed by atoms with Gasteiger partial charge in [-0.2, -0.15) is 0 Å². The van der Waals surface area contributed by atoms with Crippen molar-refractivity contribution in [2.24, 2.45) is 0 Å². The number of hydrogen-bond acceptors (Lipinski definition) is 2. The van der Waals surface area contributed by atoms with Crippen LogP contribution in [-0.4, -0.2) is 20.2 Å². The highest BCUT2D eigenvalue weighted by Crippen LogP contribution is 2.36. The summed E-state index contributed by atoms with van der Waals surface area (Å²) in [4.78, 5) is 0. The standard InChI is InChI=1S/C17H17BrClNO/c1-21-16-7-6-15(19)8-12(16)9-17(10-20-11-17)13-2-4-14(18)5-3-13/h2-8,20H,9-11H2,1H3. The molecule has 2 aromatic rings. The fraction of sp³-hybridized carbons (Fsp3) is 0.294. The van der Waals surface area contributed by atoms with E-state index in [1.807, 2.05) is 18.2 Å². The van der Waals surface area contributed by atoms with E-state index in [2.05, 4.69) is 45.5 Å². The van der Waals surface area contributed by atoms with Crippen molar-refractivity contribution in [2.75, 3.05) is 20.2 Å². The maximum Gasteiger partial charge on any atom is 0.122 e. The Morgan fingerprint density at radius 3 is 2.48 bits per heavy atom. The van der Waals surface area contributed by atoms with Crippen LogP contribution in [-0.2, 0) is 11.8 Å².